The number of halogens is 2. The summed E-state index contributed by atoms with van der Waals surface area (Å²) < 4.78 is 6.11. The third-order valence-electron chi connectivity index (χ3n) is 1.60. The van der Waals surface area contributed by atoms with Crippen LogP contribution in [0.15, 0.2) is 21.1 Å². The molecule has 0 aliphatic heterocycles. The molecule has 0 atom stereocenters. The fourth-order valence-corrected chi connectivity index (χ4v) is 2.22. The molecular weight excluding hydrogens is 314 g/mol. The Hall–Kier alpha value is -0.550. The van der Waals surface area contributed by atoms with Crippen molar-refractivity contribution in [2.24, 2.45) is 0 Å². The number of hydrogen-bond donors (Lipinski definition) is 1. The van der Waals surface area contributed by atoms with E-state index >= 15 is 0 Å². The number of carbonyl (C=O) groups excluding carboxylic acids is 1. The van der Waals surface area contributed by atoms with E-state index in [2.05, 4.69) is 31.9 Å². The van der Waals surface area contributed by atoms with Crippen molar-refractivity contribution in [1.82, 2.24) is 0 Å². The van der Waals surface area contributed by atoms with E-state index in [0.29, 0.717) is 26.8 Å². The molecule has 5 heteroatoms. The minimum atomic E-state index is -0.390. The van der Waals surface area contributed by atoms with E-state index in [9.17, 15) is 4.79 Å². The molecule has 1 aromatic rings. The van der Waals surface area contributed by atoms with Crippen LogP contribution in [-0.4, -0.2) is 12.6 Å². The lowest BCUT2D eigenvalue weighted by molar-refractivity contribution is 0.0524. The molecule has 1 aromatic carbocycles. The first-order valence-corrected chi connectivity index (χ1v) is 5.57. The van der Waals surface area contributed by atoms with Crippen molar-refractivity contribution in [3.05, 3.63) is 26.6 Å². The van der Waals surface area contributed by atoms with Gasteiger partial charge in [0.05, 0.1) is 16.6 Å². The molecule has 0 spiro atoms. The number of anilines is 1. The molecule has 0 amide bonds. The fraction of sp³-hybridized carbons (Fsp3) is 0.222. The lowest BCUT2D eigenvalue weighted by atomic mass is 10.2. The number of nitrogens with two attached hydrogens (primary N) is 1. The molecule has 0 aliphatic carbocycles. The van der Waals surface area contributed by atoms with Crippen molar-refractivity contribution in [3.8, 4) is 0 Å². The summed E-state index contributed by atoms with van der Waals surface area (Å²) in [5.41, 5.74) is 6.58. The minimum Gasteiger partial charge on any atom is -0.462 e. The van der Waals surface area contributed by atoms with Crippen LogP contribution in [0.3, 0.4) is 0 Å². The zero-order chi connectivity index (χ0) is 10.7. The lowest BCUT2D eigenvalue weighted by Gasteiger charge is -2.08. The van der Waals surface area contributed by atoms with Crippen molar-refractivity contribution in [2.45, 2.75) is 6.92 Å². The molecule has 3 nitrogen and oxygen atoms in total. The number of carbonyl (C=O) groups is 1. The Balaban J connectivity index is 3.18. The molecule has 2 N–H and O–H groups in total. The van der Waals surface area contributed by atoms with Gasteiger partial charge in [0.1, 0.15) is 0 Å². The maximum Gasteiger partial charge on any atom is 0.340 e. The Morgan fingerprint density at radius 1 is 1.50 bits per heavy atom. The van der Waals surface area contributed by atoms with Gasteiger partial charge in [-0.05, 0) is 50.9 Å². The van der Waals surface area contributed by atoms with Gasteiger partial charge in [-0.1, -0.05) is 0 Å². The Bertz CT molecular complexity index is 366. The zero-order valence-corrected chi connectivity index (χ0v) is 10.7. The van der Waals surface area contributed by atoms with Gasteiger partial charge >= 0.3 is 5.97 Å². The second-order valence-corrected chi connectivity index (χ2v) is 4.19. The number of ether oxygens (including phenoxy) is 1. The first kappa shape index (κ1) is 11.5. The van der Waals surface area contributed by atoms with E-state index in [0.717, 1.165) is 0 Å². The van der Waals surface area contributed by atoms with E-state index in [1.165, 1.54) is 0 Å². The Kier molecular flexibility index (Phi) is 3.95. The molecule has 76 valence electrons. The van der Waals surface area contributed by atoms with E-state index < -0.39 is 5.97 Å². The zero-order valence-electron chi connectivity index (χ0n) is 7.51. The van der Waals surface area contributed by atoms with Crippen molar-refractivity contribution in [3.63, 3.8) is 0 Å². The number of rotatable bonds is 2. The maximum absolute atomic E-state index is 11.5. The molecule has 0 heterocycles. The average molecular weight is 323 g/mol. The van der Waals surface area contributed by atoms with Crippen LogP contribution in [0.5, 0.6) is 0 Å². The summed E-state index contributed by atoms with van der Waals surface area (Å²) in [5.74, 6) is -0.390. The Morgan fingerprint density at radius 3 is 2.71 bits per heavy atom. The summed E-state index contributed by atoms with van der Waals surface area (Å²) in [6.07, 6.45) is 0. The molecule has 0 aliphatic rings. The molecule has 0 aromatic heterocycles. The summed E-state index contributed by atoms with van der Waals surface area (Å²) >= 11 is 6.51. The van der Waals surface area contributed by atoms with E-state index in [4.69, 9.17) is 10.5 Å². The van der Waals surface area contributed by atoms with Crippen LogP contribution in [0.2, 0.25) is 0 Å². The van der Waals surface area contributed by atoms with Gasteiger partial charge in [0.2, 0.25) is 0 Å². The molecule has 14 heavy (non-hydrogen) atoms. The summed E-state index contributed by atoms with van der Waals surface area (Å²) in [5, 5.41) is 0. The smallest absolute Gasteiger partial charge is 0.340 e. The second kappa shape index (κ2) is 4.79. The second-order valence-electron chi connectivity index (χ2n) is 2.55. The normalized spacial score (nSPS) is 9.93. The summed E-state index contributed by atoms with van der Waals surface area (Å²) in [6.45, 7) is 2.10. The van der Waals surface area contributed by atoms with Crippen LogP contribution in [0.25, 0.3) is 0 Å². The lowest BCUT2D eigenvalue weighted by Crippen LogP contribution is -2.07. The number of esters is 1. The highest BCUT2D eigenvalue weighted by atomic mass is 79.9. The van der Waals surface area contributed by atoms with E-state index in [-0.39, 0.29) is 0 Å². The van der Waals surface area contributed by atoms with Gasteiger partial charge in [-0.25, -0.2) is 4.79 Å². The van der Waals surface area contributed by atoms with Crippen LogP contribution >= 0.6 is 31.9 Å². The van der Waals surface area contributed by atoms with Gasteiger partial charge in [0.25, 0.3) is 0 Å². The van der Waals surface area contributed by atoms with Crippen molar-refractivity contribution < 1.29 is 9.53 Å². The predicted octanol–water partition coefficient (Wildman–Crippen LogP) is 2.97. The van der Waals surface area contributed by atoms with Crippen LogP contribution in [-0.2, 0) is 4.74 Å². The van der Waals surface area contributed by atoms with Crippen LogP contribution in [0.1, 0.15) is 17.3 Å². The molecule has 0 saturated heterocycles. The third kappa shape index (κ3) is 2.27. The molecule has 0 unspecified atom stereocenters. The van der Waals surface area contributed by atoms with Crippen LogP contribution < -0.4 is 5.73 Å². The topological polar surface area (TPSA) is 52.3 Å². The molecular formula is C9H9Br2NO2. The molecule has 0 bridgehead atoms. The summed E-state index contributed by atoms with van der Waals surface area (Å²) in [7, 11) is 0. The van der Waals surface area contributed by atoms with E-state index in [1.54, 1.807) is 19.1 Å². The van der Waals surface area contributed by atoms with Gasteiger partial charge in [-0.15, -0.1) is 0 Å². The highest BCUT2D eigenvalue weighted by Gasteiger charge is 2.16. The third-order valence-corrected chi connectivity index (χ3v) is 3.12. The average Bonchev–Trinajstić information content (AvgIpc) is 2.13. The Labute approximate surface area is 98.9 Å². The number of hydrogen-bond acceptors (Lipinski definition) is 3. The summed E-state index contributed by atoms with van der Waals surface area (Å²) in [6, 6.07) is 3.42. The largest absolute Gasteiger partial charge is 0.462 e. The SMILES string of the molecule is CCOC(=O)c1c(Br)ccc(N)c1Br. The summed E-state index contributed by atoms with van der Waals surface area (Å²) in [4.78, 5) is 11.5. The van der Waals surface area contributed by atoms with Gasteiger partial charge in [0, 0.05) is 10.2 Å². The molecule has 1 rings (SSSR count). The van der Waals surface area contributed by atoms with Crippen LogP contribution in [0, 0.1) is 0 Å². The highest BCUT2D eigenvalue weighted by molar-refractivity contribution is 9.11. The number of nitrogen functional groups attached to an aromatic ring is 1. The number of benzene rings is 1. The van der Waals surface area contributed by atoms with Crippen molar-refractivity contribution >= 4 is 43.5 Å². The van der Waals surface area contributed by atoms with Crippen molar-refractivity contribution in [2.75, 3.05) is 12.3 Å². The quantitative estimate of drug-likeness (QED) is 0.672. The molecule has 0 radical (unpaired) electrons. The standard InChI is InChI=1S/C9H9Br2NO2/c1-2-14-9(13)7-5(10)3-4-6(12)8(7)11/h3-4H,2,12H2,1H3. The predicted molar refractivity (Wildman–Crippen MR) is 62.2 cm³/mol. The van der Waals surface area contributed by atoms with Gasteiger partial charge in [-0.3, -0.25) is 0 Å². The monoisotopic (exact) mass is 321 g/mol. The first-order valence-electron chi connectivity index (χ1n) is 3.98. The van der Waals surface area contributed by atoms with Crippen molar-refractivity contribution in [1.29, 1.82) is 0 Å². The molecule has 0 fully saturated rings. The molecule has 0 saturated carbocycles. The fourth-order valence-electron chi connectivity index (χ4n) is 0.959. The van der Waals surface area contributed by atoms with Gasteiger partial charge < -0.3 is 10.5 Å². The highest BCUT2D eigenvalue weighted by Crippen LogP contribution is 2.30. The minimum absolute atomic E-state index is 0.340. The van der Waals surface area contributed by atoms with Gasteiger partial charge in [-0.2, -0.15) is 0 Å². The van der Waals surface area contributed by atoms with E-state index in [1.807, 2.05) is 0 Å². The van der Waals surface area contributed by atoms with Crippen LogP contribution in [0.4, 0.5) is 5.69 Å². The maximum atomic E-state index is 11.5. The van der Waals surface area contributed by atoms with Gasteiger partial charge in [0.15, 0.2) is 0 Å². The first-order chi connectivity index (χ1) is 6.57. The Morgan fingerprint density at radius 2 is 2.14 bits per heavy atom.